The topological polar surface area (TPSA) is 32.3 Å². The summed E-state index contributed by atoms with van der Waals surface area (Å²) in [4.78, 5) is 14.4. The van der Waals surface area contributed by atoms with Crippen molar-refractivity contribution in [3.05, 3.63) is 29.8 Å². The third-order valence-electron chi connectivity index (χ3n) is 4.96. The molecule has 1 aromatic rings. The van der Waals surface area contributed by atoms with E-state index in [0.29, 0.717) is 0 Å². The molecule has 1 amide bonds. The van der Waals surface area contributed by atoms with Gasteiger partial charge < -0.3 is 10.2 Å². The first-order valence-corrected chi connectivity index (χ1v) is 13.8. The van der Waals surface area contributed by atoms with Gasteiger partial charge in [-0.05, 0) is 49.9 Å². The number of rotatable bonds is 9. The van der Waals surface area contributed by atoms with Crippen molar-refractivity contribution in [1.29, 1.82) is 0 Å². The van der Waals surface area contributed by atoms with E-state index in [0.717, 1.165) is 43.7 Å². The zero-order valence-electron chi connectivity index (χ0n) is 16.4. The van der Waals surface area contributed by atoms with Crippen LogP contribution in [0.2, 0.25) is 25.7 Å². The molecule has 3 nitrogen and oxygen atoms in total. The van der Waals surface area contributed by atoms with Crippen LogP contribution in [0.15, 0.2) is 24.3 Å². The lowest BCUT2D eigenvalue weighted by Gasteiger charge is -2.26. The number of piperidine rings is 1. The number of hydrogen-bond donors (Lipinski definition) is 1. The minimum absolute atomic E-state index is 0.189. The molecule has 0 bridgehead atoms. The van der Waals surface area contributed by atoms with Crippen LogP contribution in [0.3, 0.4) is 0 Å². The highest BCUT2D eigenvalue weighted by Gasteiger charge is 2.17. The lowest BCUT2D eigenvalue weighted by molar-refractivity contribution is 0.0724. The Bertz CT molecular complexity index is 516. The summed E-state index contributed by atoms with van der Waals surface area (Å²) in [5.41, 5.74) is 1.94. The second-order valence-corrected chi connectivity index (χ2v) is 14.2. The van der Waals surface area contributed by atoms with Gasteiger partial charge in [0.05, 0.1) is 0 Å². The summed E-state index contributed by atoms with van der Waals surface area (Å²) < 4.78 is 0. The zero-order chi connectivity index (χ0) is 18.1. The molecule has 1 fully saturated rings. The fourth-order valence-electron chi connectivity index (χ4n) is 3.38. The lowest BCUT2D eigenvalue weighted by atomic mass is 10.1. The second kappa shape index (κ2) is 10.0. The van der Waals surface area contributed by atoms with Crippen LogP contribution >= 0.6 is 0 Å². The normalized spacial score (nSPS) is 15.2. The molecule has 1 aliphatic heterocycles. The SMILES string of the molecule is C[Si](C)(C)CCCCCCNc1ccc(C(=O)N2CCCCC2)cc1. The predicted octanol–water partition coefficient (Wildman–Crippen LogP) is 5.62. The highest BCUT2D eigenvalue weighted by atomic mass is 28.3. The van der Waals surface area contributed by atoms with Gasteiger partial charge in [-0.15, -0.1) is 0 Å². The molecule has 140 valence electrons. The highest BCUT2D eigenvalue weighted by Crippen LogP contribution is 2.17. The predicted molar refractivity (Wildman–Crippen MR) is 111 cm³/mol. The van der Waals surface area contributed by atoms with E-state index < -0.39 is 8.07 Å². The summed E-state index contributed by atoms with van der Waals surface area (Å²) in [6.45, 7) is 10.2. The number of amides is 1. The fourth-order valence-corrected chi connectivity index (χ4v) is 4.69. The quantitative estimate of drug-likeness (QED) is 0.457. The van der Waals surface area contributed by atoms with Crippen LogP contribution in [0.4, 0.5) is 5.69 Å². The van der Waals surface area contributed by atoms with E-state index in [1.165, 1.54) is 38.1 Å². The maximum Gasteiger partial charge on any atom is 0.253 e. The van der Waals surface area contributed by atoms with Crippen molar-refractivity contribution >= 4 is 19.7 Å². The number of hydrogen-bond acceptors (Lipinski definition) is 2. The molecule has 0 aromatic heterocycles. The van der Waals surface area contributed by atoms with E-state index in [2.05, 4.69) is 25.0 Å². The van der Waals surface area contributed by atoms with Crippen LogP contribution in [0, 0.1) is 0 Å². The Labute approximate surface area is 155 Å². The van der Waals surface area contributed by atoms with Crippen LogP contribution in [0.1, 0.15) is 55.3 Å². The van der Waals surface area contributed by atoms with Crippen LogP contribution in [0.25, 0.3) is 0 Å². The van der Waals surface area contributed by atoms with Gasteiger partial charge in [0.15, 0.2) is 0 Å². The summed E-state index contributed by atoms with van der Waals surface area (Å²) in [6.07, 6.45) is 8.82. The van der Waals surface area contributed by atoms with Gasteiger partial charge in [-0.3, -0.25) is 4.79 Å². The minimum atomic E-state index is -0.852. The monoisotopic (exact) mass is 360 g/mol. The molecule has 0 aliphatic carbocycles. The third kappa shape index (κ3) is 7.64. The van der Waals surface area contributed by atoms with Gasteiger partial charge in [-0.25, -0.2) is 0 Å². The van der Waals surface area contributed by atoms with Crippen molar-refractivity contribution in [3.8, 4) is 0 Å². The number of nitrogens with one attached hydrogen (secondary N) is 1. The Morgan fingerprint density at radius 1 is 0.960 bits per heavy atom. The molecular weight excluding hydrogens is 324 g/mol. The zero-order valence-corrected chi connectivity index (χ0v) is 17.4. The average molecular weight is 361 g/mol. The molecule has 1 heterocycles. The molecule has 0 spiro atoms. The number of nitrogens with zero attached hydrogens (tertiary/aromatic N) is 1. The highest BCUT2D eigenvalue weighted by molar-refractivity contribution is 6.76. The number of carbonyl (C=O) groups is 1. The number of anilines is 1. The van der Waals surface area contributed by atoms with Crippen LogP contribution in [-0.4, -0.2) is 38.5 Å². The standard InChI is InChI=1S/C21H36N2OSi/c1-25(2,3)18-10-5-4-7-15-22-20-13-11-19(12-14-20)21(24)23-16-8-6-9-17-23/h11-14,22H,4-10,15-18H2,1-3H3. The smallest absolute Gasteiger partial charge is 0.253 e. The average Bonchev–Trinajstić information content (AvgIpc) is 2.60. The molecule has 1 aliphatic rings. The maximum absolute atomic E-state index is 12.5. The number of carbonyl (C=O) groups excluding carboxylic acids is 1. The second-order valence-electron chi connectivity index (χ2n) is 8.58. The number of unbranched alkanes of at least 4 members (excludes halogenated alkanes) is 3. The van der Waals surface area contributed by atoms with Crippen molar-refractivity contribution in [3.63, 3.8) is 0 Å². The van der Waals surface area contributed by atoms with Crippen molar-refractivity contribution in [1.82, 2.24) is 4.90 Å². The van der Waals surface area contributed by atoms with Crippen LogP contribution in [0.5, 0.6) is 0 Å². The van der Waals surface area contributed by atoms with Crippen molar-refractivity contribution < 1.29 is 4.79 Å². The van der Waals surface area contributed by atoms with E-state index in [1.807, 2.05) is 29.2 Å². The van der Waals surface area contributed by atoms with Gasteiger partial charge in [-0.1, -0.05) is 44.9 Å². The molecular formula is C21H36N2OSi. The largest absolute Gasteiger partial charge is 0.385 e. The minimum Gasteiger partial charge on any atom is -0.385 e. The van der Waals surface area contributed by atoms with Crippen molar-refractivity contribution in [2.45, 2.75) is 70.6 Å². The van der Waals surface area contributed by atoms with Gasteiger partial charge in [0.2, 0.25) is 0 Å². The summed E-state index contributed by atoms with van der Waals surface area (Å²) in [5, 5.41) is 3.48. The summed E-state index contributed by atoms with van der Waals surface area (Å²) in [5.74, 6) is 0.189. The van der Waals surface area contributed by atoms with Gasteiger partial charge in [0, 0.05) is 39.0 Å². The lowest BCUT2D eigenvalue weighted by Crippen LogP contribution is -2.35. The Balaban J connectivity index is 1.64. The van der Waals surface area contributed by atoms with Crippen molar-refractivity contribution in [2.24, 2.45) is 0 Å². The number of likely N-dealkylation sites (tertiary alicyclic amines) is 1. The molecule has 1 saturated heterocycles. The molecule has 1 N–H and O–H groups in total. The van der Waals surface area contributed by atoms with Crippen LogP contribution in [-0.2, 0) is 0 Å². The molecule has 1 aromatic carbocycles. The third-order valence-corrected chi connectivity index (χ3v) is 6.81. The first kappa shape index (κ1) is 20.0. The van der Waals surface area contributed by atoms with E-state index in [-0.39, 0.29) is 5.91 Å². The van der Waals surface area contributed by atoms with E-state index in [1.54, 1.807) is 0 Å². The Hall–Kier alpha value is -1.29. The summed E-state index contributed by atoms with van der Waals surface area (Å²) in [6, 6.07) is 9.47. The summed E-state index contributed by atoms with van der Waals surface area (Å²) in [7, 11) is -0.852. The molecule has 0 saturated carbocycles. The Morgan fingerprint density at radius 2 is 1.60 bits per heavy atom. The van der Waals surface area contributed by atoms with E-state index in [9.17, 15) is 4.79 Å². The first-order chi connectivity index (χ1) is 12.0. The molecule has 25 heavy (non-hydrogen) atoms. The molecule has 0 unspecified atom stereocenters. The van der Waals surface area contributed by atoms with E-state index in [4.69, 9.17) is 0 Å². The maximum atomic E-state index is 12.5. The van der Waals surface area contributed by atoms with Gasteiger partial charge >= 0.3 is 0 Å². The van der Waals surface area contributed by atoms with Crippen molar-refractivity contribution in [2.75, 3.05) is 25.0 Å². The first-order valence-electron chi connectivity index (χ1n) is 10.1. The fraction of sp³-hybridized carbons (Fsp3) is 0.667. The molecule has 2 rings (SSSR count). The van der Waals surface area contributed by atoms with Crippen LogP contribution < -0.4 is 5.32 Å². The van der Waals surface area contributed by atoms with Gasteiger partial charge in [-0.2, -0.15) is 0 Å². The molecule has 4 heteroatoms. The van der Waals surface area contributed by atoms with Gasteiger partial charge in [0.25, 0.3) is 5.91 Å². The van der Waals surface area contributed by atoms with Gasteiger partial charge in [0.1, 0.15) is 0 Å². The molecule has 0 radical (unpaired) electrons. The summed E-state index contributed by atoms with van der Waals surface area (Å²) >= 11 is 0. The van der Waals surface area contributed by atoms with E-state index >= 15 is 0 Å². The Kier molecular flexibility index (Phi) is 8.01. The Morgan fingerprint density at radius 3 is 2.24 bits per heavy atom. The molecule has 0 atom stereocenters. The number of benzene rings is 1.